The normalized spacial score (nSPS) is 16.5. The van der Waals surface area contributed by atoms with Crippen molar-refractivity contribution in [1.82, 2.24) is 0 Å². The first-order valence-corrected chi connectivity index (χ1v) is 9.41. The van der Waals surface area contributed by atoms with Crippen LogP contribution in [0.2, 0.25) is 0 Å². The van der Waals surface area contributed by atoms with Crippen LogP contribution in [0.5, 0.6) is 11.5 Å². The number of hydrogen-bond acceptors (Lipinski definition) is 5. The molecule has 1 fully saturated rings. The summed E-state index contributed by atoms with van der Waals surface area (Å²) in [6.45, 7) is -0.733. The first kappa shape index (κ1) is 20.1. The third kappa shape index (κ3) is 4.05. The van der Waals surface area contributed by atoms with Crippen LogP contribution in [0.1, 0.15) is 41.6 Å². The van der Waals surface area contributed by atoms with Gasteiger partial charge in [0.05, 0.1) is 11.1 Å². The highest BCUT2D eigenvalue weighted by molar-refractivity contribution is 5.96. The Bertz CT molecular complexity index is 983. The second kappa shape index (κ2) is 7.55. The predicted octanol–water partition coefficient (Wildman–Crippen LogP) is 4.54. The molecule has 30 heavy (non-hydrogen) atoms. The Labute approximate surface area is 169 Å². The molecule has 9 heteroatoms. The number of carbonyl (C=O) groups excluding carboxylic acids is 2. The van der Waals surface area contributed by atoms with E-state index in [2.05, 4.69) is 5.32 Å². The SMILES string of the molecule is O=C(COC(=O)c1ccccc1C(F)(F)F)Nc1ccc2c(c1)OC1(CCCC1)O2. The molecular formula is C21H18F3NO5. The van der Waals surface area contributed by atoms with Crippen LogP contribution in [0.3, 0.4) is 0 Å². The van der Waals surface area contributed by atoms with Crippen LogP contribution in [0.15, 0.2) is 42.5 Å². The van der Waals surface area contributed by atoms with E-state index in [4.69, 9.17) is 14.2 Å². The maximum atomic E-state index is 13.0. The highest BCUT2D eigenvalue weighted by Gasteiger charge is 2.44. The summed E-state index contributed by atoms with van der Waals surface area (Å²) in [4.78, 5) is 24.1. The number of carbonyl (C=O) groups is 2. The molecule has 1 saturated carbocycles. The monoisotopic (exact) mass is 421 g/mol. The number of fused-ring (bicyclic) bond motifs is 1. The molecule has 0 atom stereocenters. The van der Waals surface area contributed by atoms with Gasteiger partial charge in [-0.15, -0.1) is 0 Å². The number of benzene rings is 2. The van der Waals surface area contributed by atoms with E-state index in [1.165, 1.54) is 12.1 Å². The maximum absolute atomic E-state index is 13.0. The summed E-state index contributed by atoms with van der Waals surface area (Å²) in [5.74, 6) is -1.46. The molecule has 1 amide bonds. The smallest absolute Gasteiger partial charge is 0.417 e. The van der Waals surface area contributed by atoms with Crippen molar-refractivity contribution in [2.75, 3.05) is 11.9 Å². The Kier molecular flexibility index (Phi) is 5.05. The van der Waals surface area contributed by atoms with Gasteiger partial charge in [0, 0.05) is 24.6 Å². The average molecular weight is 421 g/mol. The molecule has 1 aliphatic heterocycles. The molecule has 2 aliphatic rings. The summed E-state index contributed by atoms with van der Waals surface area (Å²) >= 11 is 0. The fourth-order valence-electron chi connectivity index (χ4n) is 3.60. The number of halogens is 3. The van der Waals surface area contributed by atoms with Gasteiger partial charge in [0.25, 0.3) is 11.7 Å². The van der Waals surface area contributed by atoms with E-state index in [9.17, 15) is 22.8 Å². The second-order valence-corrected chi connectivity index (χ2v) is 7.15. The first-order valence-electron chi connectivity index (χ1n) is 9.41. The van der Waals surface area contributed by atoms with E-state index >= 15 is 0 Å². The van der Waals surface area contributed by atoms with Gasteiger partial charge in [0.1, 0.15) is 0 Å². The zero-order valence-electron chi connectivity index (χ0n) is 15.8. The third-order valence-electron chi connectivity index (χ3n) is 4.97. The molecule has 2 aromatic rings. The minimum Gasteiger partial charge on any atom is -0.452 e. The molecule has 1 N–H and O–H groups in total. The van der Waals surface area contributed by atoms with Crippen LogP contribution in [-0.4, -0.2) is 24.3 Å². The lowest BCUT2D eigenvalue weighted by Crippen LogP contribution is -2.34. The average Bonchev–Trinajstić information content (AvgIpc) is 3.31. The van der Waals surface area contributed by atoms with Gasteiger partial charge >= 0.3 is 12.1 Å². The minimum absolute atomic E-state index is 0.393. The number of amides is 1. The number of ether oxygens (including phenoxy) is 3. The van der Waals surface area contributed by atoms with Gasteiger partial charge in [-0.3, -0.25) is 4.79 Å². The van der Waals surface area contributed by atoms with Crippen LogP contribution < -0.4 is 14.8 Å². The molecule has 2 aromatic carbocycles. The lowest BCUT2D eigenvalue weighted by atomic mass is 10.1. The van der Waals surface area contributed by atoms with E-state index in [1.807, 2.05) is 0 Å². The van der Waals surface area contributed by atoms with Crippen molar-refractivity contribution >= 4 is 17.6 Å². The molecule has 158 valence electrons. The predicted molar refractivity (Wildman–Crippen MR) is 99.3 cm³/mol. The number of hydrogen-bond donors (Lipinski definition) is 1. The van der Waals surface area contributed by atoms with Gasteiger partial charge in [0.15, 0.2) is 18.1 Å². The van der Waals surface area contributed by atoms with Crippen molar-refractivity contribution in [3.63, 3.8) is 0 Å². The molecule has 0 saturated heterocycles. The molecule has 1 aliphatic carbocycles. The lowest BCUT2D eigenvalue weighted by molar-refractivity contribution is -0.138. The minimum atomic E-state index is -4.71. The molecule has 0 aromatic heterocycles. The highest BCUT2D eigenvalue weighted by atomic mass is 19.4. The zero-order chi connectivity index (χ0) is 21.4. The van der Waals surface area contributed by atoms with Crippen molar-refractivity contribution in [2.24, 2.45) is 0 Å². The number of nitrogens with one attached hydrogen (secondary N) is 1. The van der Waals surface area contributed by atoms with Gasteiger partial charge in [-0.25, -0.2) is 4.79 Å². The fourth-order valence-corrected chi connectivity index (χ4v) is 3.60. The summed E-state index contributed by atoms with van der Waals surface area (Å²) in [6, 6.07) is 9.11. The van der Waals surface area contributed by atoms with E-state index in [1.54, 1.807) is 18.2 Å². The Balaban J connectivity index is 1.36. The summed E-state index contributed by atoms with van der Waals surface area (Å²) in [5, 5.41) is 2.53. The molecule has 0 bridgehead atoms. The van der Waals surface area contributed by atoms with Crippen molar-refractivity contribution in [3.8, 4) is 11.5 Å². The summed E-state index contributed by atoms with van der Waals surface area (Å²) in [6.07, 6.45) is -1.10. The van der Waals surface area contributed by atoms with Crippen LogP contribution in [0.4, 0.5) is 18.9 Å². The molecule has 0 radical (unpaired) electrons. The molecule has 1 spiro atoms. The van der Waals surface area contributed by atoms with E-state index in [0.29, 0.717) is 17.2 Å². The molecule has 4 rings (SSSR count). The highest BCUT2D eigenvalue weighted by Crippen LogP contribution is 2.47. The summed E-state index contributed by atoms with van der Waals surface area (Å²) < 4.78 is 55.6. The van der Waals surface area contributed by atoms with Gasteiger partial charge in [-0.2, -0.15) is 13.2 Å². The summed E-state index contributed by atoms with van der Waals surface area (Å²) in [5.41, 5.74) is -1.38. The first-order chi connectivity index (χ1) is 14.3. The van der Waals surface area contributed by atoms with Crippen LogP contribution in [0, 0.1) is 0 Å². The maximum Gasteiger partial charge on any atom is 0.417 e. The zero-order valence-corrected chi connectivity index (χ0v) is 15.8. The Morgan fingerprint density at radius 2 is 1.73 bits per heavy atom. The Hall–Kier alpha value is -3.23. The quantitative estimate of drug-likeness (QED) is 0.734. The number of alkyl halides is 3. The number of anilines is 1. The van der Waals surface area contributed by atoms with E-state index < -0.39 is 41.6 Å². The van der Waals surface area contributed by atoms with Gasteiger partial charge in [-0.05, 0) is 37.1 Å². The van der Waals surface area contributed by atoms with Crippen LogP contribution in [-0.2, 0) is 15.7 Å². The second-order valence-electron chi connectivity index (χ2n) is 7.15. The van der Waals surface area contributed by atoms with Crippen molar-refractivity contribution in [2.45, 2.75) is 37.6 Å². The van der Waals surface area contributed by atoms with E-state index in [-0.39, 0.29) is 0 Å². The van der Waals surface area contributed by atoms with Crippen molar-refractivity contribution < 1.29 is 37.0 Å². The lowest BCUT2D eigenvalue weighted by Gasteiger charge is -2.21. The Morgan fingerprint density at radius 3 is 2.47 bits per heavy atom. The molecular weight excluding hydrogens is 403 g/mol. The summed E-state index contributed by atoms with van der Waals surface area (Å²) in [7, 11) is 0. The molecule has 1 heterocycles. The third-order valence-corrected chi connectivity index (χ3v) is 4.97. The standard InChI is InChI=1S/C21H18F3NO5/c22-21(23,24)15-6-2-1-5-14(15)19(27)28-12-18(26)25-13-7-8-16-17(11-13)30-20(29-16)9-3-4-10-20/h1-2,5-8,11H,3-4,9-10,12H2,(H,25,26). The number of rotatable bonds is 4. The van der Waals surface area contributed by atoms with Gasteiger partial charge < -0.3 is 19.5 Å². The van der Waals surface area contributed by atoms with Crippen molar-refractivity contribution in [1.29, 1.82) is 0 Å². The fraction of sp³-hybridized carbons (Fsp3) is 0.333. The van der Waals surface area contributed by atoms with Gasteiger partial charge in [-0.1, -0.05) is 12.1 Å². The topological polar surface area (TPSA) is 73.9 Å². The Morgan fingerprint density at radius 1 is 1.03 bits per heavy atom. The molecule has 6 nitrogen and oxygen atoms in total. The largest absolute Gasteiger partial charge is 0.452 e. The van der Waals surface area contributed by atoms with Gasteiger partial charge in [0.2, 0.25) is 0 Å². The van der Waals surface area contributed by atoms with E-state index in [0.717, 1.165) is 37.8 Å². The molecule has 0 unspecified atom stereocenters. The number of esters is 1. The van der Waals surface area contributed by atoms with Crippen molar-refractivity contribution in [3.05, 3.63) is 53.6 Å². The van der Waals surface area contributed by atoms with Crippen LogP contribution in [0.25, 0.3) is 0 Å². The van der Waals surface area contributed by atoms with Crippen LogP contribution >= 0.6 is 0 Å².